The quantitative estimate of drug-likeness (QED) is 0.522. The van der Waals surface area contributed by atoms with Gasteiger partial charge in [-0.25, -0.2) is 13.4 Å². The lowest BCUT2D eigenvalue weighted by atomic mass is 10.1. The van der Waals surface area contributed by atoms with E-state index in [2.05, 4.69) is 19.9 Å². The first-order valence-corrected chi connectivity index (χ1v) is 10.8. The van der Waals surface area contributed by atoms with E-state index in [-0.39, 0.29) is 11.3 Å². The van der Waals surface area contributed by atoms with Gasteiger partial charge < -0.3 is 5.11 Å². The lowest BCUT2D eigenvalue weighted by Gasteiger charge is -2.11. The van der Waals surface area contributed by atoms with Gasteiger partial charge >= 0.3 is 5.97 Å². The van der Waals surface area contributed by atoms with Crippen molar-refractivity contribution in [1.29, 1.82) is 0 Å². The zero-order chi connectivity index (χ0) is 20.4. The molecule has 0 amide bonds. The SMILES string of the molecule is O=C(O)CCc1ccc(S(=O)(=O)Nc2ccccc2-c2n[nH]c(C3CC3)n2)cc1. The normalized spacial score (nSPS) is 13.9. The Morgan fingerprint density at radius 3 is 2.55 bits per heavy atom. The number of aliphatic carboxylic acids is 1. The number of benzene rings is 2. The minimum Gasteiger partial charge on any atom is -0.481 e. The van der Waals surface area contributed by atoms with Crippen LogP contribution in [-0.4, -0.2) is 34.7 Å². The number of H-pyrrole nitrogens is 1. The van der Waals surface area contributed by atoms with E-state index in [9.17, 15) is 13.2 Å². The van der Waals surface area contributed by atoms with E-state index in [0.29, 0.717) is 29.4 Å². The Labute approximate surface area is 168 Å². The Balaban J connectivity index is 1.55. The maximum absolute atomic E-state index is 12.8. The van der Waals surface area contributed by atoms with Crippen LogP contribution in [0, 0.1) is 0 Å². The number of aryl methyl sites for hydroxylation is 1. The smallest absolute Gasteiger partial charge is 0.303 e. The molecule has 1 aliphatic rings. The Morgan fingerprint density at radius 1 is 1.14 bits per heavy atom. The van der Waals surface area contributed by atoms with Gasteiger partial charge in [0.05, 0.1) is 10.6 Å². The second-order valence-electron chi connectivity index (χ2n) is 7.01. The van der Waals surface area contributed by atoms with E-state index >= 15 is 0 Å². The summed E-state index contributed by atoms with van der Waals surface area (Å²) in [5, 5.41) is 15.9. The van der Waals surface area contributed by atoms with Crippen LogP contribution >= 0.6 is 0 Å². The third-order valence-corrected chi connectivity index (χ3v) is 6.12. The number of carboxylic acid groups (broad SMARTS) is 1. The third-order valence-electron chi connectivity index (χ3n) is 4.74. The maximum Gasteiger partial charge on any atom is 0.303 e. The van der Waals surface area contributed by atoms with Crippen molar-refractivity contribution in [2.24, 2.45) is 0 Å². The van der Waals surface area contributed by atoms with Gasteiger partial charge in [-0.1, -0.05) is 24.3 Å². The number of nitrogens with zero attached hydrogens (tertiary/aromatic N) is 2. The molecule has 0 spiro atoms. The molecule has 0 unspecified atom stereocenters. The molecule has 3 N–H and O–H groups in total. The first-order valence-electron chi connectivity index (χ1n) is 9.27. The highest BCUT2D eigenvalue weighted by Gasteiger charge is 2.28. The molecule has 0 atom stereocenters. The van der Waals surface area contributed by atoms with Gasteiger partial charge in [0, 0.05) is 17.9 Å². The van der Waals surface area contributed by atoms with Crippen LogP contribution in [0.15, 0.2) is 53.4 Å². The van der Waals surface area contributed by atoms with Gasteiger partial charge in [-0.05, 0) is 49.1 Å². The molecule has 4 rings (SSSR count). The highest BCUT2D eigenvalue weighted by atomic mass is 32.2. The summed E-state index contributed by atoms with van der Waals surface area (Å²) in [6.45, 7) is 0. The summed E-state index contributed by atoms with van der Waals surface area (Å²) in [4.78, 5) is 15.3. The van der Waals surface area contributed by atoms with Gasteiger partial charge in [0.1, 0.15) is 5.82 Å². The second kappa shape index (κ2) is 7.67. The zero-order valence-corrected chi connectivity index (χ0v) is 16.3. The number of para-hydroxylation sites is 1. The Bertz CT molecular complexity index is 1140. The van der Waals surface area contributed by atoms with E-state index in [4.69, 9.17) is 5.11 Å². The van der Waals surface area contributed by atoms with Gasteiger partial charge in [-0.3, -0.25) is 14.6 Å². The molecule has 8 nitrogen and oxygen atoms in total. The lowest BCUT2D eigenvalue weighted by molar-refractivity contribution is -0.136. The lowest BCUT2D eigenvalue weighted by Crippen LogP contribution is -2.13. The van der Waals surface area contributed by atoms with Crippen molar-refractivity contribution in [2.75, 3.05) is 4.72 Å². The molecular formula is C20H20N4O4S. The van der Waals surface area contributed by atoms with Crippen LogP contribution in [0.3, 0.4) is 0 Å². The van der Waals surface area contributed by atoms with Crippen molar-refractivity contribution in [1.82, 2.24) is 15.2 Å². The molecule has 2 aromatic carbocycles. The van der Waals surface area contributed by atoms with Crippen LogP contribution in [0.25, 0.3) is 11.4 Å². The van der Waals surface area contributed by atoms with Crippen LogP contribution in [-0.2, 0) is 21.2 Å². The van der Waals surface area contributed by atoms with E-state index in [0.717, 1.165) is 24.2 Å². The van der Waals surface area contributed by atoms with Gasteiger partial charge in [-0.15, -0.1) is 0 Å². The summed E-state index contributed by atoms with van der Waals surface area (Å²) in [5.41, 5.74) is 1.75. The molecule has 0 bridgehead atoms. The highest BCUT2D eigenvalue weighted by Crippen LogP contribution is 2.39. The number of hydrogen-bond donors (Lipinski definition) is 3. The van der Waals surface area contributed by atoms with Crippen molar-refractivity contribution in [3.8, 4) is 11.4 Å². The van der Waals surface area contributed by atoms with Gasteiger partial charge in [-0.2, -0.15) is 5.10 Å². The van der Waals surface area contributed by atoms with Crippen molar-refractivity contribution in [2.45, 2.75) is 36.5 Å². The van der Waals surface area contributed by atoms with E-state index in [1.165, 1.54) is 12.1 Å². The van der Waals surface area contributed by atoms with Crippen LogP contribution in [0.5, 0.6) is 0 Å². The van der Waals surface area contributed by atoms with Crippen molar-refractivity contribution >= 4 is 21.7 Å². The number of aromatic nitrogens is 3. The van der Waals surface area contributed by atoms with Gasteiger partial charge in [0.25, 0.3) is 10.0 Å². The molecule has 1 heterocycles. The molecule has 0 radical (unpaired) electrons. The summed E-state index contributed by atoms with van der Waals surface area (Å²) >= 11 is 0. The fourth-order valence-corrected chi connectivity index (χ4v) is 4.07. The van der Waals surface area contributed by atoms with E-state index in [1.807, 2.05) is 0 Å². The minimum absolute atomic E-state index is 0.00275. The maximum atomic E-state index is 12.8. The number of hydrogen-bond acceptors (Lipinski definition) is 5. The van der Waals surface area contributed by atoms with Crippen molar-refractivity contribution in [3.63, 3.8) is 0 Å². The Morgan fingerprint density at radius 2 is 1.86 bits per heavy atom. The molecule has 1 fully saturated rings. The predicted octanol–water partition coefficient (Wildman–Crippen LogP) is 3.17. The number of anilines is 1. The average Bonchev–Trinajstić information content (AvgIpc) is 3.44. The minimum atomic E-state index is -3.82. The molecule has 1 aliphatic carbocycles. The molecule has 29 heavy (non-hydrogen) atoms. The van der Waals surface area contributed by atoms with E-state index < -0.39 is 16.0 Å². The summed E-state index contributed by atoms with van der Waals surface area (Å²) in [6, 6.07) is 13.2. The summed E-state index contributed by atoms with van der Waals surface area (Å²) in [7, 11) is -3.82. The number of carbonyl (C=O) groups is 1. The standard InChI is InChI=1S/C20H20N4O4S/c25-18(26)12-7-13-5-10-15(11-6-13)29(27,28)24-17-4-2-1-3-16(17)20-21-19(22-23-20)14-8-9-14/h1-6,10-11,14,24H,7-9,12H2,(H,25,26)(H,21,22,23). The fourth-order valence-electron chi connectivity index (χ4n) is 2.99. The molecule has 1 aromatic heterocycles. The van der Waals surface area contributed by atoms with Gasteiger partial charge in [0.2, 0.25) is 0 Å². The fraction of sp³-hybridized carbons (Fsp3) is 0.250. The van der Waals surface area contributed by atoms with Gasteiger partial charge in [0.15, 0.2) is 5.82 Å². The number of rotatable bonds is 8. The van der Waals surface area contributed by atoms with Crippen LogP contribution in [0.2, 0.25) is 0 Å². The molecule has 1 saturated carbocycles. The van der Waals surface area contributed by atoms with Crippen LogP contribution in [0.1, 0.15) is 36.6 Å². The molecule has 9 heteroatoms. The molecule has 3 aromatic rings. The predicted molar refractivity (Wildman–Crippen MR) is 107 cm³/mol. The third kappa shape index (κ3) is 4.45. The van der Waals surface area contributed by atoms with E-state index in [1.54, 1.807) is 36.4 Å². The number of sulfonamides is 1. The summed E-state index contributed by atoms with van der Waals surface area (Å²) < 4.78 is 28.3. The summed E-state index contributed by atoms with van der Waals surface area (Å²) in [6.07, 6.45) is 2.52. The second-order valence-corrected chi connectivity index (χ2v) is 8.69. The first-order chi connectivity index (χ1) is 13.9. The van der Waals surface area contributed by atoms with Crippen molar-refractivity contribution < 1.29 is 18.3 Å². The monoisotopic (exact) mass is 412 g/mol. The van der Waals surface area contributed by atoms with Crippen molar-refractivity contribution in [3.05, 3.63) is 59.9 Å². The Hall–Kier alpha value is -3.20. The number of nitrogens with one attached hydrogen (secondary N) is 2. The van der Waals surface area contributed by atoms with Crippen LogP contribution in [0.4, 0.5) is 5.69 Å². The largest absolute Gasteiger partial charge is 0.481 e. The molecule has 0 aliphatic heterocycles. The zero-order valence-electron chi connectivity index (χ0n) is 15.5. The topological polar surface area (TPSA) is 125 Å². The average molecular weight is 412 g/mol. The number of carboxylic acids is 1. The molecule has 0 saturated heterocycles. The Kier molecular flexibility index (Phi) is 5.06. The van der Waals surface area contributed by atoms with Crippen LogP contribution < -0.4 is 4.72 Å². The molecule has 150 valence electrons. The molecular weight excluding hydrogens is 392 g/mol. The highest BCUT2D eigenvalue weighted by molar-refractivity contribution is 7.92. The summed E-state index contributed by atoms with van der Waals surface area (Å²) in [5.74, 6) is 0.806. The first kappa shape index (κ1) is 19.1. The number of aromatic amines is 1.